The molecule has 3 heterocycles. The topological polar surface area (TPSA) is 101 Å². The van der Waals surface area contributed by atoms with Crippen molar-refractivity contribution in [1.82, 2.24) is 14.7 Å². The number of thiophene rings is 1. The highest BCUT2D eigenvalue weighted by atomic mass is 32.1. The molecular formula is C19H31N3O5S. The van der Waals surface area contributed by atoms with Gasteiger partial charge in [0.25, 0.3) is 18.9 Å². The van der Waals surface area contributed by atoms with Crippen LogP contribution in [0.4, 0.5) is 0 Å². The Labute approximate surface area is 170 Å². The van der Waals surface area contributed by atoms with Gasteiger partial charge in [0.2, 0.25) is 0 Å². The Hall–Kier alpha value is -1.97. The molecule has 0 spiro atoms. The fourth-order valence-electron chi connectivity index (χ4n) is 3.67. The number of carbonyl (C=O) groups excluding carboxylic acids is 1. The minimum absolute atomic E-state index is 0.215. The van der Waals surface area contributed by atoms with E-state index < -0.39 is 0 Å². The number of rotatable bonds is 3. The van der Waals surface area contributed by atoms with Crippen molar-refractivity contribution in [3.8, 4) is 0 Å². The number of piperidine rings is 1. The SMILES string of the molecule is CC1CN(C)CCN1CC1CCN(C(=O)c2ccsc2)CC1.O=CO.O=CO. The van der Waals surface area contributed by atoms with Crippen LogP contribution in [0.5, 0.6) is 0 Å². The van der Waals surface area contributed by atoms with Crippen molar-refractivity contribution in [2.75, 3.05) is 46.3 Å². The van der Waals surface area contributed by atoms with Gasteiger partial charge in [0.15, 0.2) is 0 Å². The molecule has 3 rings (SSSR count). The van der Waals surface area contributed by atoms with Gasteiger partial charge in [-0.25, -0.2) is 0 Å². The number of hydrogen-bond donors (Lipinski definition) is 2. The Bertz CT molecular complexity index is 570. The van der Waals surface area contributed by atoms with E-state index in [4.69, 9.17) is 19.8 Å². The summed E-state index contributed by atoms with van der Waals surface area (Å²) in [5.41, 5.74) is 0.858. The molecule has 1 atom stereocenters. The van der Waals surface area contributed by atoms with Gasteiger partial charge in [-0.15, -0.1) is 0 Å². The van der Waals surface area contributed by atoms with Gasteiger partial charge in [0, 0.05) is 50.7 Å². The Kier molecular flexibility index (Phi) is 11.4. The summed E-state index contributed by atoms with van der Waals surface area (Å²) in [6.07, 6.45) is 2.30. The minimum atomic E-state index is -0.250. The van der Waals surface area contributed by atoms with Crippen molar-refractivity contribution in [2.24, 2.45) is 5.92 Å². The lowest BCUT2D eigenvalue weighted by Crippen LogP contribution is -2.52. The molecule has 0 aromatic carbocycles. The monoisotopic (exact) mass is 413 g/mol. The van der Waals surface area contributed by atoms with Crippen molar-refractivity contribution in [3.05, 3.63) is 22.4 Å². The quantitative estimate of drug-likeness (QED) is 0.727. The van der Waals surface area contributed by atoms with Crippen LogP contribution in [0.15, 0.2) is 16.8 Å². The van der Waals surface area contributed by atoms with E-state index in [1.807, 2.05) is 21.7 Å². The molecule has 9 heteroatoms. The second-order valence-electron chi connectivity index (χ2n) is 7.06. The van der Waals surface area contributed by atoms with Crippen LogP contribution in [0.1, 0.15) is 30.1 Å². The van der Waals surface area contributed by atoms with Crippen LogP contribution >= 0.6 is 11.3 Å². The normalized spacial score (nSPS) is 20.9. The van der Waals surface area contributed by atoms with Crippen molar-refractivity contribution in [1.29, 1.82) is 0 Å². The zero-order valence-electron chi connectivity index (χ0n) is 16.6. The standard InChI is InChI=1S/C17H27N3OS.2CH2O2/c1-14-11-18(2)8-9-20(14)12-15-3-6-19(7-4-15)17(21)16-5-10-22-13-16;2*2-1-3/h5,10,13-15H,3-4,6-9,11-12H2,1-2H3;2*1H,(H,2,3). The van der Waals surface area contributed by atoms with Crippen LogP contribution in [-0.4, -0.2) is 96.1 Å². The maximum Gasteiger partial charge on any atom is 0.290 e. The van der Waals surface area contributed by atoms with Crippen molar-refractivity contribution in [2.45, 2.75) is 25.8 Å². The van der Waals surface area contributed by atoms with Gasteiger partial charge in [-0.2, -0.15) is 11.3 Å². The van der Waals surface area contributed by atoms with Crippen LogP contribution in [0.3, 0.4) is 0 Å². The fraction of sp³-hybridized carbons (Fsp3) is 0.632. The summed E-state index contributed by atoms with van der Waals surface area (Å²) in [5, 5.41) is 17.7. The van der Waals surface area contributed by atoms with E-state index in [0.29, 0.717) is 6.04 Å². The average molecular weight is 414 g/mol. The van der Waals surface area contributed by atoms with E-state index in [9.17, 15) is 4.79 Å². The lowest BCUT2D eigenvalue weighted by atomic mass is 9.95. The summed E-state index contributed by atoms with van der Waals surface area (Å²) < 4.78 is 0. The van der Waals surface area contributed by atoms with Gasteiger partial charge in [0.1, 0.15) is 0 Å². The van der Waals surface area contributed by atoms with Gasteiger partial charge >= 0.3 is 0 Å². The largest absolute Gasteiger partial charge is 0.483 e. The van der Waals surface area contributed by atoms with E-state index in [0.717, 1.165) is 37.4 Å². The summed E-state index contributed by atoms with van der Waals surface area (Å²) in [7, 11) is 2.21. The van der Waals surface area contributed by atoms with E-state index >= 15 is 0 Å². The first-order valence-electron chi connectivity index (χ1n) is 9.36. The Morgan fingerprint density at radius 1 is 1.18 bits per heavy atom. The molecule has 2 N–H and O–H groups in total. The third kappa shape index (κ3) is 7.95. The predicted octanol–water partition coefficient (Wildman–Crippen LogP) is 1.64. The lowest BCUT2D eigenvalue weighted by Gasteiger charge is -2.41. The number of carbonyl (C=O) groups is 3. The highest BCUT2D eigenvalue weighted by Gasteiger charge is 2.28. The van der Waals surface area contributed by atoms with Crippen molar-refractivity contribution >= 4 is 30.2 Å². The smallest absolute Gasteiger partial charge is 0.290 e. The number of likely N-dealkylation sites (tertiary alicyclic amines) is 1. The van der Waals surface area contributed by atoms with E-state index in [-0.39, 0.29) is 18.9 Å². The molecule has 8 nitrogen and oxygen atoms in total. The first kappa shape index (κ1) is 24.1. The van der Waals surface area contributed by atoms with E-state index in [1.54, 1.807) is 11.3 Å². The molecule has 0 radical (unpaired) electrons. The second kappa shape index (κ2) is 13.2. The number of piperazine rings is 1. The van der Waals surface area contributed by atoms with Crippen molar-refractivity contribution < 1.29 is 24.6 Å². The number of likely N-dealkylation sites (N-methyl/N-ethyl adjacent to an activating group) is 1. The van der Waals surface area contributed by atoms with Crippen LogP contribution in [0.25, 0.3) is 0 Å². The maximum absolute atomic E-state index is 12.4. The molecule has 158 valence electrons. The third-order valence-electron chi connectivity index (χ3n) is 5.13. The van der Waals surface area contributed by atoms with Gasteiger partial charge in [-0.05, 0) is 44.2 Å². The van der Waals surface area contributed by atoms with Gasteiger partial charge in [-0.3, -0.25) is 19.3 Å². The molecule has 28 heavy (non-hydrogen) atoms. The summed E-state index contributed by atoms with van der Waals surface area (Å²) in [5.74, 6) is 0.963. The molecule has 1 unspecified atom stereocenters. The Morgan fingerprint density at radius 2 is 1.79 bits per heavy atom. The summed E-state index contributed by atoms with van der Waals surface area (Å²) in [6.45, 7) is 8.42. The number of amides is 1. The highest BCUT2D eigenvalue weighted by molar-refractivity contribution is 7.08. The Morgan fingerprint density at radius 3 is 2.29 bits per heavy atom. The average Bonchev–Trinajstić information content (AvgIpc) is 3.20. The second-order valence-corrected chi connectivity index (χ2v) is 7.84. The van der Waals surface area contributed by atoms with Crippen LogP contribution < -0.4 is 0 Å². The molecular weight excluding hydrogens is 382 g/mol. The number of hydrogen-bond acceptors (Lipinski definition) is 6. The zero-order valence-corrected chi connectivity index (χ0v) is 17.4. The summed E-state index contributed by atoms with van der Waals surface area (Å²) in [4.78, 5) is 36.2. The lowest BCUT2D eigenvalue weighted by molar-refractivity contribution is -0.123. The highest BCUT2D eigenvalue weighted by Crippen LogP contribution is 2.22. The molecule has 1 aromatic rings. The molecule has 2 aliphatic heterocycles. The molecule has 0 bridgehead atoms. The van der Waals surface area contributed by atoms with Gasteiger partial charge in [0.05, 0.1) is 5.56 Å². The zero-order chi connectivity index (χ0) is 20.9. The Balaban J connectivity index is 0.000000582. The molecule has 2 fully saturated rings. The van der Waals surface area contributed by atoms with Gasteiger partial charge < -0.3 is 20.0 Å². The molecule has 2 aliphatic rings. The van der Waals surface area contributed by atoms with Crippen molar-refractivity contribution in [3.63, 3.8) is 0 Å². The van der Waals surface area contributed by atoms with Crippen LogP contribution in [0, 0.1) is 5.92 Å². The summed E-state index contributed by atoms with van der Waals surface area (Å²) >= 11 is 1.60. The molecule has 0 saturated carbocycles. The fourth-order valence-corrected chi connectivity index (χ4v) is 4.30. The van der Waals surface area contributed by atoms with Crippen LogP contribution in [-0.2, 0) is 9.59 Å². The predicted molar refractivity (Wildman–Crippen MR) is 109 cm³/mol. The maximum atomic E-state index is 12.4. The first-order chi connectivity index (χ1) is 13.5. The minimum Gasteiger partial charge on any atom is -0.483 e. The number of carboxylic acid groups (broad SMARTS) is 2. The summed E-state index contributed by atoms with van der Waals surface area (Å²) in [6, 6.07) is 2.59. The molecule has 1 aromatic heterocycles. The molecule has 0 aliphatic carbocycles. The molecule has 2 saturated heterocycles. The number of nitrogens with zero attached hydrogens (tertiary/aromatic N) is 3. The first-order valence-corrected chi connectivity index (χ1v) is 10.3. The van der Waals surface area contributed by atoms with E-state index in [2.05, 4.69) is 23.8 Å². The van der Waals surface area contributed by atoms with E-state index in [1.165, 1.54) is 26.2 Å². The molecule has 1 amide bonds. The van der Waals surface area contributed by atoms with Gasteiger partial charge in [-0.1, -0.05) is 0 Å². The third-order valence-corrected chi connectivity index (χ3v) is 5.81. The van der Waals surface area contributed by atoms with Crippen LogP contribution in [0.2, 0.25) is 0 Å².